The zero-order chi connectivity index (χ0) is 12.3. The van der Waals surface area contributed by atoms with Crippen molar-refractivity contribution in [1.29, 1.82) is 0 Å². The standard InChI is InChI=1S/C18H18/c1-11(2)16-10-14-9-13-7-3-5-12-6-4-8-15(17(12)13)18(14)16/h3-9,11,16,18H,10H2,1-2H3. The summed E-state index contributed by atoms with van der Waals surface area (Å²) in [6, 6.07) is 13.5. The van der Waals surface area contributed by atoms with E-state index in [1.165, 1.54) is 22.8 Å². The molecule has 2 aliphatic rings. The van der Waals surface area contributed by atoms with Crippen LogP contribution in [-0.4, -0.2) is 0 Å². The Morgan fingerprint density at radius 1 is 1.06 bits per heavy atom. The average molecular weight is 234 g/mol. The third kappa shape index (κ3) is 1.21. The zero-order valence-corrected chi connectivity index (χ0v) is 11.0. The van der Waals surface area contributed by atoms with Gasteiger partial charge >= 0.3 is 0 Å². The van der Waals surface area contributed by atoms with E-state index in [-0.39, 0.29) is 0 Å². The molecule has 2 aromatic carbocycles. The van der Waals surface area contributed by atoms with Crippen LogP contribution in [0.2, 0.25) is 0 Å². The second-order valence-corrected chi connectivity index (χ2v) is 6.10. The molecule has 0 amide bonds. The maximum absolute atomic E-state index is 2.44. The maximum Gasteiger partial charge on any atom is 0.00917 e. The van der Waals surface area contributed by atoms with Crippen LogP contribution in [0.15, 0.2) is 42.0 Å². The van der Waals surface area contributed by atoms with Gasteiger partial charge < -0.3 is 0 Å². The zero-order valence-electron chi connectivity index (χ0n) is 11.0. The molecule has 0 radical (unpaired) electrons. The fourth-order valence-corrected chi connectivity index (χ4v) is 3.81. The number of hydrogen-bond donors (Lipinski definition) is 0. The van der Waals surface area contributed by atoms with E-state index in [4.69, 9.17) is 0 Å². The van der Waals surface area contributed by atoms with Crippen LogP contribution in [0.3, 0.4) is 0 Å². The highest BCUT2D eigenvalue weighted by Gasteiger charge is 2.41. The molecule has 90 valence electrons. The van der Waals surface area contributed by atoms with E-state index in [1.54, 1.807) is 11.1 Å². The van der Waals surface area contributed by atoms with E-state index in [9.17, 15) is 0 Å². The van der Waals surface area contributed by atoms with Crippen LogP contribution in [0.5, 0.6) is 0 Å². The monoisotopic (exact) mass is 234 g/mol. The summed E-state index contributed by atoms with van der Waals surface area (Å²) in [5.74, 6) is 2.33. The van der Waals surface area contributed by atoms with Crippen LogP contribution in [0.4, 0.5) is 0 Å². The number of rotatable bonds is 1. The first-order valence-electron chi connectivity index (χ1n) is 6.98. The molecule has 0 heteroatoms. The van der Waals surface area contributed by atoms with Gasteiger partial charge in [0, 0.05) is 5.92 Å². The summed E-state index contributed by atoms with van der Waals surface area (Å²) in [6.45, 7) is 4.73. The lowest BCUT2D eigenvalue weighted by Gasteiger charge is -2.45. The Hall–Kier alpha value is -1.56. The first kappa shape index (κ1) is 10.4. The van der Waals surface area contributed by atoms with Gasteiger partial charge in [0.1, 0.15) is 0 Å². The second-order valence-electron chi connectivity index (χ2n) is 6.10. The largest absolute Gasteiger partial charge is 0.0625 e. The SMILES string of the molecule is CC(C)C1CC2=Cc3cccc4cccc(c34)C21. The summed E-state index contributed by atoms with van der Waals surface area (Å²) < 4.78 is 0. The molecule has 0 heterocycles. The van der Waals surface area contributed by atoms with Crippen LogP contribution in [0, 0.1) is 11.8 Å². The summed E-state index contributed by atoms with van der Waals surface area (Å²) in [7, 11) is 0. The van der Waals surface area contributed by atoms with Crippen LogP contribution in [-0.2, 0) is 0 Å². The van der Waals surface area contributed by atoms with Crippen molar-refractivity contribution in [2.24, 2.45) is 11.8 Å². The van der Waals surface area contributed by atoms with Crippen LogP contribution >= 0.6 is 0 Å². The fraction of sp³-hybridized carbons (Fsp3) is 0.333. The molecule has 2 aliphatic carbocycles. The highest BCUT2D eigenvalue weighted by Crippen LogP contribution is 2.55. The Labute approximate surface area is 108 Å². The molecular formula is C18H18. The lowest BCUT2D eigenvalue weighted by atomic mass is 9.59. The minimum Gasteiger partial charge on any atom is -0.0625 e. The van der Waals surface area contributed by atoms with Crippen LogP contribution in [0.25, 0.3) is 16.8 Å². The van der Waals surface area contributed by atoms with E-state index in [0.717, 1.165) is 11.8 Å². The Balaban J connectivity index is 1.99. The highest BCUT2D eigenvalue weighted by atomic mass is 14.4. The van der Waals surface area contributed by atoms with Gasteiger partial charge in [-0.1, -0.05) is 61.9 Å². The Morgan fingerprint density at radius 2 is 1.83 bits per heavy atom. The van der Waals surface area contributed by atoms with Crippen molar-refractivity contribution < 1.29 is 0 Å². The molecule has 2 aromatic rings. The summed E-state index contributed by atoms with van der Waals surface area (Å²) >= 11 is 0. The van der Waals surface area contributed by atoms with Gasteiger partial charge in [-0.25, -0.2) is 0 Å². The minimum absolute atomic E-state index is 0.698. The molecule has 0 N–H and O–H groups in total. The minimum atomic E-state index is 0.698. The number of allylic oxidation sites excluding steroid dienone is 1. The van der Waals surface area contributed by atoms with E-state index in [2.05, 4.69) is 56.3 Å². The molecule has 4 rings (SSSR count). The van der Waals surface area contributed by atoms with E-state index in [0.29, 0.717) is 5.92 Å². The molecular weight excluding hydrogens is 216 g/mol. The molecule has 0 aliphatic heterocycles. The molecule has 2 unspecified atom stereocenters. The van der Waals surface area contributed by atoms with E-state index >= 15 is 0 Å². The van der Waals surface area contributed by atoms with E-state index < -0.39 is 0 Å². The quantitative estimate of drug-likeness (QED) is 0.651. The molecule has 0 bridgehead atoms. The van der Waals surface area contributed by atoms with Crippen LogP contribution in [0.1, 0.15) is 37.3 Å². The van der Waals surface area contributed by atoms with Crippen molar-refractivity contribution in [3.63, 3.8) is 0 Å². The number of benzene rings is 2. The summed E-state index contributed by atoms with van der Waals surface area (Å²) in [5, 5.41) is 2.90. The molecule has 2 atom stereocenters. The third-order valence-electron chi connectivity index (χ3n) is 4.80. The summed E-state index contributed by atoms with van der Waals surface area (Å²) in [5.41, 5.74) is 4.65. The highest BCUT2D eigenvalue weighted by molar-refractivity contribution is 5.97. The molecule has 0 saturated heterocycles. The van der Waals surface area contributed by atoms with Gasteiger partial charge in [-0.3, -0.25) is 0 Å². The molecule has 18 heavy (non-hydrogen) atoms. The normalized spacial score (nSPS) is 24.7. The first-order chi connectivity index (χ1) is 8.75. The fourth-order valence-electron chi connectivity index (χ4n) is 3.81. The predicted molar refractivity (Wildman–Crippen MR) is 77.6 cm³/mol. The summed E-state index contributed by atoms with van der Waals surface area (Å²) in [4.78, 5) is 0. The van der Waals surface area contributed by atoms with Gasteiger partial charge in [0.05, 0.1) is 0 Å². The van der Waals surface area contributed by atoms with Gasteiger partial charge in [-0.05, 0) is 40.2 Å². The first-order valence-corrected chi connectivity index (χ1v) is 6.98. The van der Waals surface area contributed by atoms with Gasteiger partial charge in [0.2, 0.25) is 0 Å². The van der Waals surface area contributed by atoms with Crippen LogP contribution < -0.4 is 0 Å². The molecule has 0 spiro atoms. The second kappa shape index (κ2) is 3.47. The Bertz CT molecular complexity index is 656. The lowest BCUT2D eigenvalue weighted by molar-refractivity contribution is 0.266. The van der Waals surface area contributed by atoms with Crippen molar-refractivity contribution in [3.8, 4) is 0 Å². The van der Waals surface area contributed by atoms with Crippen molar-refractivity contribution in [3.05, 3.63) is 53.1 Å². The van der Waals surface area contributed by atoms with E-state index in [1.807, 2.05) is 0 Å². The average Bonchev–Trinajstić information content (AvgIpc) is 2.32. The summed E-state index contributed by atoms with van der Waals surface area (Å²) in [6.07, 6.45) is 3.74. The Morgan fingerprint density at radius 3 is 2.61 bits per heavy atom. The molecule has 1 fully saturated rings. The van der Waals surface area contributed by atoms with Crippen molar-refractivity contribution in [2.45, 2.75) is 26.2 Å². The van der Waals surface area contributed by atoms with Gasteiger partial charge in [0.15, 0.2) is 0 Å². The smallest absolute Gasteiger partial charge is 0.00917 e. The topological polar surface area (TPSA) is 0 Å². The predicted octanol–water partition coefficient (Wildman–Crippen LogP) is 5.00. The molecule has 1 saturated carbocycles. The van der Waals surface area contributed by atoms with Gasteiger partial charge in [-0.2, -0.15) is 0 Å². The van der Waals surface area contributed by atoms with Gasteiger partial charge in [0.25, 0.3) is 0 Å². The van der Waals surface area contributed by atoms with Crippen molar-refractivity contribution >= 4 is 16.8 Å². The molecule has 0 nitrogen and oxygen atoms in total. The Kier molecular flexibility index (Phi) is 2.00. The third-order valence-corrected chi connectivity index (χ3v) is 4.80. The van der Waals surface area contributed by atoms with Gasteiger partial charge in [-0.15, -0.1) is 0 Å². The number of fused-ring (bicyclic) bond motifs is 2. The lowest BCUT2D eigenvalue weighted by Crippen LogP contribution is -2.32. The molecule has 0 aromatic heterocycles. The van der Waals surface area contributed by atoms with Crippen molar-refractivity contribution in [1.82, 2.24) is 0 Å². The number of hydrogen-bond acceptors (Lipinski definition) is 0. The van der Waals surface area contributed by atoms with Crippen molar-refractivity contribution in [2.75, 3.05) is 0 Å². The maximum atomic E-state index is 2.44.